The van der Waals surface area contributed by atoms with Gasteiger partial charge in [-0.3, -0.25) is 0 Å². The van der Waals surface area contributed by atoms with Crippen LogP contribution in [-0.2, 0) is 0 Å². The third-order valence-corrected chi connectivity index (χ3v) is 4.35. The van der Waals surface area contributed by atoms with Crippen molar-refractivity contribution in [2.75, 3.05) is 29.1 Å². The van der Waals surface area contributed by atoms with Crippen molar-refractivity contribution in [2.45, 2.75) is 18.9 Å². The lowest BCUT2D eigenvalue weighted by atomic mass is 10.1. The van der Waals surface area contributed by atoms with E-state index in [1.54, 1.807) is 12.1 Å². The lowest BCUT2D eigenvalue weighted by Gasteiger charge is -2.25. The van der Waals surface area contributed by atoms with Crippen molar-refractivity contribution in [2.24, 2.45) is 0 Å². The minimum absolute atomic E-state index is 0.106. The van der Waals surface area contributed by atoms with Gasteiger partial charge in [-0.1, -0.05) is 11.6 Å². The number of nitrogens with one attached hydrogen (secondary N) is 1. The van der Waals surface area contributed by atoms with Gasteiger partial charge in [0.15, 0.2) is 0 Å². The summed E-state index contributed by atoms with van der Waals surface area (Å²) in [6.45, 7) is 0.986. The highest BCUT2D eigenvalue weighted by atomic mass is 35.5. The number of halogens is 1. The predicted molar refractivity (Wildman–Crippen MR) is 93.3 cm³/mol. The molecule has 1 aromatic carbocycles. The average molecular weight is 345 g/mol. The van der Waals surface area contributed by atoms with Gasteiger partial charge in [-0.25, -0.2) is 4.98 Å². The Kier molecular flexibility index (Phi) is 4.69. The first-order valence-corrected chi connectivity index (χ1v) is 7.97. The van der Waals surface area contributed by atoms with Gasteiger partial charge >= 0.3 is 0 Å². The summed E-state index contributed by atoms with van der Waals surface area (Å²) in [6.07, 6.45) is 3.39. The Morgan fingerprint density at radius 3 is 3.04 bits per heavy atom. The van der Waals surface area contributed by atoms with Gasteiger partial charge in [-0.2, -0.15) is 10.2 Å². The lowest BCUT2D eigenvalue weighted by Crippen LogP contribution is -2.32. The number of nitrogen functional groups attached to an aromatic ring is 1. The van der Waals surface area contributed by atoms with Crippen LogP contribution >= 0.6 is 11.6 Å². The summed E-state index contributed by atoms with van der Waals surface area (Å²) >= 11 is 5.81. The first kappa shape index (κ1) is 16.3. The molecule has 2 heterocycles. The standard InChI is InChI=1S/C16H17ClN6O/c17-13-8-20-16(22-15(13)19)21-14-4-3-11(6-10(14)7-18)23-5-1-2-12(23)9-24/h3-4,6,8,12,24H,1-2,5,9H2,(H3,19,20,21,22). The number of benzene rings is 1. The normalized spacial score (nSPS) is 16.9. The number of hydrogen-bond acceptors (Lipinski definition) is 7. The number of aliphatic hydroxyl groups is 1. The minimum atomic E-state index is 0.106. The van der Waals surface area contributed by atoms with E-state index in [2.05, 4.69) is 26.3 Å². The molecule has 7 nitrogen and oxygen atoms in total. The van der Waals surface area contributed by atoms with Crippen LogP contribution in [0.25, 0.3) is 0 Å². The molecule has 0 saturated carbocycles. The van der Waals surface area contributed by atoms with E-state index in [0.717, 1.165) is 25.1 Å². The highest BCUT2D eigenvalue weighted by Gasteiger charge is 2.24. The molecule has 1 aliphatic rings. The van der Waals surface area contributed by atoms with Crippen molar-refractivity contribution in [3.63, 3.8) is 0 Å². The van der Waals surface area contributed by atoms with Crippen LogP contribution in [0.4, 0.5) is 23.1 Å². The maximum absolute atomic E-state index is 9.46. The number of nitrogens with two attached hydrogens (primary N) is 1. The minimum Gasteiger partial charge on any atom is -0.394 e. The number of nitriles is 1. The number of rotatable bonds is 4. The van der Waals surface area contributed by atoms with Crippen molar-refractivity contribution in [3.05, 3.63) is 35.0 Å². The Morgan fingerprint density at radius 1 is 1.50 bits per heavy atom. The van der Waals surface area contributed by atoms with Gasteiger partial charge in [0.05, 0.1) is 30.1 Å². The number of nitrogens with zero attached hydrogens (tertiary/aromatic N) is 4. The van der Waals surface area contributed by atoms with E-state index in [1.165, 1.54) is 6.20 Å². The molecule has 4 N–H and O–H groups in total. The molecular weight excluding hydrogens is 328 g/mol. The summed E-state index contributed by atoms with van der Waals surface area (Å²) in [6, 6.07) is 7.79. The molecular formula is C16H17ClN6O. The van der Waals surface area contributed by atoms with E-state index in [0.29, 0.717) is 11.3 Å². The molecule has 0 aliphatic carbocycles. The second-order valence-electron chi connectivity index (χ2n) is 5.57. The smallest absolute Gasteiger partial charge is 0.229 e. The summed E-state index contributed by atoms with van der Waals surface area (Å²) in [7, 11) is 0. The Balaban J connectivity index is 1.87. The second-order valence-corrected chi connectivity index (χ2v) is 5.97. The first-order chi connectivity index (χ1) is 11.6. The van der Waals surface area contributed by atoms with Crippen LogP contribution in [0.1, 0.15) is 18.4 Å². The largest absolute Gasteiger partial charge is 0.394 e. The van der Waals surface area contributed by atoms with E-state index < -0.39 is 0 Å². The van der Waals surface area contributed by atoms with Gasteiger partial charge in [0.2, 0.25) is 5.95 Å². The molecule has 1 aliphatic heterocycles. The number of aliphatic hydroxyl groups excluding tert-OH is 1. The first-order valence-electron chi connectivity index (χ1n) is 7.59. The molecule has 0 bridgehead atoms. The van der Waals surface area contributed by atoms with Crippen molar-refractivity contribution >= 4 is 34.7 Å². The Morgan fingerprint density at radius 2 is 2.33 bits per heavy atom. The maximum atomic E-state index is 9.46. The fourth-order valence-corrected chi connectivity index (χ4v) is 2.93. The van der Waals surface area contributed by atoms with Crippen LogP contribution < -0.4 is 16.0 Å². The summed E-state index contributed by atoms with van der Waals surface area (Å²) < 4.78 is 0. The molecule has 0 radical (unpaired) electrons. The number of anilines is 4. The van der Waals surface area contributed by atoms with Crippen molar-refractivity contribution in [1.82, 2.24) is 9.97 Å². The zero-order valence-electron chi connectivity index (χ0n) is 12.9. The van der Waals surface area contributed by atoms with Crippen LogP contribution in [0.3, 0.4) is 0 Å². The van der Waals surface area contributed by atoms with Crippen molar-refractivity contribution in [1.29, 1.82) is 5.26 Å². The summed E-state index contributed by atoms with van der Waals surface area (Å²) in [5.74, 6) is 0.447. The van der Waals surface area contributed by atoms with Crippen LogP contribution in [0.2, 0.25) is 5.02 Å². The summed E-state index contributed by atoms with van der Waals surface area (Å²) in [4.78, 5) is 10.2. The van der Waals surface area contributed by atoms with Crippen molar-refractivity contribution < 1.29 is 5.11 Å². The number of hydrogen-bond donors (Lipinski definition) is 3. The maximum Gasteiger partial charge on any atom is 0.229 e. The highest BCUT2D eigenvalue weighted by Crippen LogP contribution is 2.30. The van der Waals surface area contributed by atoms with Gasteiger partial charge in [0.1, 0.15) is 16.9 Å². The van der Waals surface area contributed by atoms with Gasteiger partial charge in [-0.15, -0.1) is 0 Å². The van der Waals surface area contributed by atoms with Crippen LogP contribution in [0, 0.1) is 11.3 Å². The van der Waals surface area contributed by atoms with Crippen LogP contribution in [-0.4, -0.2) is 34.3 Å². The highest BCUT2D eigenvalue weighted by molar-refractivity contribution is 6.32. The van der Waals surface area contributed by atoms with E-state index in [4.69, 9.17) is 17.3 Å². The van der Waals surface area contributed by atoms with E-state index in [9.17, 15) is 10.4 Å². The van der Waals surface area contributed by atoms with Crippen LogP contribution in [0.15, 0.2) is 24.4 Å². The fourth-order valence-electron chi connectivity index (χ4n) is 2.84. The second kappa shape index (κ2) is 6.91. The van der Waals surface area contributed by atoms with Gasteiger partial charge in [0.25, 0.3) is 0 Å². The third kappa shape index (κ3) is 3.20. The zero-order valence-corrected chi connectivity index (χ0v) is 13.7. The molecule has 0 spiro atoms. The molecule has 3 rings (SSSR count). The van der Waals surface area contributed by atoms with E-state index in [1.807, 2.05) is 6.07 Å². The predicted octanol–water partition coefficient (Wildman–Crippen LogP) is 2.29. The topological polar surface area (TPSA) is 111 Å². The Bertz CT molecular complexity index is 791. The zero-order chi connectivity index (χ0) is 17.1. The van der Waals surface area contributed by atoms with Crippen molar-refractivity contribution in [3.8, 4) is 6.07 Å². The SMILES string of the molecule is N#Cc1cc(N2CCCC2CO)ccc1Nc1ncc(Cl)c(N)n1. The molecule has 1 atom stereocenters. The molecule has 1 saturated heterocycles. The quantitative estimate of drug-likeness (QED) is 0.780. The molecule has 2 aromatic rings. The summed E-state index contributed by atoms with van der Waals surface area (Å²) in [5, 5.41) is 22.2. The van der Waals surface area contributed by atoms with Gasteiger partial charge < -0.3 is 21.1 Å². The Labute approximate surface area is 144 Å². The molecule has 124 valence electrons. The van der Waals surface area contributed by atoms with Gasteiger partial charge in [-0.05, 0) is 31.0 Å². The van der Waals surface area contributed by atoms with E-state index >= 15 is 0 Å². The molecule has 1 unspecified atom stereocenters. The fraction of sp³-hybridized carbons (Fsp3) is 0.312. The molecule has 8 heteroatoms. The lowest BCUT2D eigenvalue weighted by molar-refractivity contribution is 0.266. The monoisotopic (exact) mass is 344 g/mol. The molecule has 24 heavy (non-hydrogen) atoms. The number of aromatic nitrogens is 2. The van der Waals surface area contributed by atoms with Crippen LogP contribution in [0.5, 0.6) is 0 Å². The summed E-state index contributed by atoms with van der Waals surface area (Å²) in [5.41, 5.74) is 7.64. The Hall–Kier alpha value is -2.56. The van der Waals surface area contributed by atoms with E-state index in [-0.39, 0.29) is 29.4 Å². The molecule has 1 fully saturated rings. The van der Waals surface area contributed by atoms with Gasteiger partial charge in [0, 0.05) is 12.2 Å². The average Bonchev–Trinajstić information content (AvgIpc) is 3.07. The molecule has 1 aromatic heterocycles. The molecule has 0 amide bonds. The third-order valence-electron chi connectivity index (χ3n) is 4.06.